The lowest BCUT2D eigenvalue weighted by Gasteiger charge is -2.25. The molecule has 0 spiro atoms. The van der Waals surface area contributed by atoms with Gasteiger partial charge in [-0.3, -0.25) is 4.79 Å². The third-order valence-electron chi connectivity index (χ3n) is 2.75. The van der Waals surface area contributed by atoms with Crippen LogP contribution >= 0.6 is 0 Å². The van der Waals surface area contributed by atoms with Crippen molar-refractivity contribution in [2.45, 2.75) is 19.4 Å². The zero-order valence-electron chi connectivity index (χ0n) is 7.95. The van der Waals surface area contributed by atoms with Crippen molar-refractivity contribution in [3.8, 4) is 0 Å². The number of carbonyl (C=O) groups excluding carboxylic acids is 1. The molecule has 1 atom stereocenters. The lowest BCUT2D eigenvalue weighted by Crippen LogP contribution is -2.28. The molecule has 0 aromatic carbocycles. The standard InChI is InChI=1S/C11H13NO/c1-8-3-4-11-9(5-8)6-10(7-13)12(11)2/h3,5-7,11H,4H2,1-2H3. The van der Waals surface area contributed by atoms with Gasteiger partial charge < -0.3 is 4.90 Å². The van der Waals surface area contributed by atoms with Crippen LogP contribution in [0.5, 0.6) is 0 Å². The van der Waals surface area contributed by atoms with Crippen molar-refractivity contribution >= 4 is 6.29 Å². The zero-order valence-corrected chi connectivity index (χ0v) is 7.95. The molecule has 1 heterocycles. The summed E-state index contributed by atoms with van der Waals surface area (Å²) < 4.78 is 0. The first kappa shape index (κ1) is 8.30. The number of allylic oxidation sites excluding steroid dienone is 3. The van der Waals surface area contributed by atoms with Crippen LogP contribution in [0, 0.1) is 0 Å². The Morgan fingerprint density at radius 3 is 3.00 bits per heavy atom. The van der Waals surface area contributed by atoms with E-state index in [0.29, 0.717) is 6.04 Å². The number of aldehydes is 1. The molecule has 0 saturated heterocycles. The number of hydrogen-bond acceptors (Lipinski definition) is 2. The highest BCUT2D eigenvalue weighted by Gasteiger charge is 2.27. The first-order valence-corrected chi connectivity index (χ1v) is 4.50. The fourth-order valence-corrected chi connectivity index (χ4v) is 1.94. The van der Waals surface area contributed by atoms with E-state index in [9.17, 15) is 4.79 Å². The maximum Gasteiger partial charge on any atom is 0.166 e. The normalized spacial score (nSPS) is 26.2. The third kappa shape index (κ3) is 1.22. The van der Waals surface area contributed by atoms with Crippen molar-refractivity contribution in [2.24, 2.45) is 0 Å². The SMILES string of the molecule is CC1=CCC2C(=C1)C=C(C=O)N2C. The minimum absolute atomic E-state index is 0.392. The smallest absolute Gasteiger partial charge is 0.166 e. The van der Waals surface area contributed by atoms with Gasteiger partial charge in [-0.1, -0.05) is 17.7 Å². The van der Waals surface area contributed by atoms with Gasteiger partial charge in [0.25, 0.3) is 0 Å². The summed E-state index contributed by atoms with van der Waals surface area (Å²) in [4.78, 5) is 12.7. The minimum atomic E-state index is 0.392. The highest BCUT2D eigenvalue weighted by atomic mass is 16.1. The lowest BCUT2D eigenvalue weighted by molar-refractivity contribution is -0.106. The molecule has 0 radical (unpaired) electrons. The Morgan fingerprint density at radius 2 is 2.31 bits per heavy atom. The molecule has 2 nitrogen and oxygen atoms in total. The summed E-state index contributed by atoms with van der Waals surface area (Å²) in [5.41, 5.74) is 3.35. The van der Waals surface area contributed by atoms with Gasteiger partial charge in [0.15, 0.2) is 6.29 Å². The molecule has 1 aliphatic carbocycles. The Bertz CT molecular complexity index is 336. The molecule has 0 aromatic heterocycles. The number of fused-ring (bicyclic) bond motifs is 1. The van der Waals surface area contributed by atoms with E-state index in [2.05, 4.69) is 19.1 Å². The number of carbonyl (C=O) groups is 1. The van der Waals surface area contributed by atoms with Gasteiger partial charge in [-0.25, -0.2) is 0 Å². The van der Waals surface area contributed by atoms with Crippen LogP contribution in [0.2, 0.25) is 0 Å². The molecular weight excluding hydrogens is 162 g/mol. The van der Waals surface area contributed by atoms with E-state index < -0.39 is 0 Å². The van der Waals surface area contributed by atoms with E-state index in [-0.39, 0.29) is 0 Å². The van der Waals surface area contributed by atoms with Gasteiger partial charge in [0.1, 0.15) is 0 Å². The van der Waals surface area contributed by atoms with Gasteiger partial charge in [-0.2, -0.15) is 0 Å². The summed E-state index contributed by atoms with van der Waals surface area (Å²) in [6.07, 6.45) is 8.29. The molecule has 13 heavy (non-hydrogen) atoms. The summed E-state index contributed by atoms with van der Waals surface area (Å²) in [6, 6.07) is 0.392. The molecule has 0 bridgehead atoms. The van der Waals surface area contributed by atoms with Crippen molar-refractivity contribution < 1.29 is 4.79 Å². The van der Waals surface area contributed by atoms with Crippen molar-refractivity contribution in [3.63, 3.8) is 0 Å². The fourth-order valence-electron chi connectivity index (χ4n) is 1.94. The lowest BCUT2D eigenvalue weighted by atomic mass is 9.97. The van der Waals surface area contributed by atoms with Crippen molar-refractivity contribution in [3.05, 3.63) is 35.1 Å². The van der Waals surface area contributed by atoms with Gasteiger partial charge in [0.2, 0.25) is 0 Å². The molecule has 2 heteroatoms. The Balaban J connectivity index is 2.36. The van der Waals surface area contributed by atoms with Crippen LogP contribution < -0.4 is 0 Å². The summed E-state index contributed by atoms with van der Waals surface area (Å²) in [6.45, 7) is 2.09. The number of rotatable bonds is 1. The minimum Gasteiger partial charge on any atom is -0.365 e. The molecule has 0 N–H and O–H groups in total. The molecule has 1 unspecified atom stereocenters. The highest BCUT2D eigenvalue weighted by Crippen LogP contribution is 2.30. The largest absolute Gasteiger partial charge is 0.365 e. The van der Waals surface area contributed by atoms with E-state index >= 15 is 0 Å². The average molecular weight is 175 g/mol. The Labute approximate surface area is 78.2 Å². The summed E-state index contributed by atoms with van der Waals surface area (Å²) >= 11 is 0. The van der Waals surface area contributed by atoms with Crippen LogP contribution in [0.1, 0.15) is 13.3 Å². The maximum atomic E-state index is 10.7. The fraction of sp³-hybridized carbons (Fsp3) is 0.364. The summed E-state index contributed by atoms with van der Waals surface area (Å²) in [5.74, 6) is 0. The number of likely N-dealkylation sites (N-methyl/N-ethyl adjacent to an activating group) is 1. The van der Waals surface area contributed by atoms with E-state index in [4.69, 9.17) is 0 Å². The highest BCUT2D eigenvalue weighted by molar-refractivity contribution is 5.76. The Morgan fingerprint density at radius 1 is 1.54 bits per heavy atom. The molecule has 2 aliphatic rings. The predicted octanol–water partition coefficient (Wildman–Crippen LogP) is 1.66. The van der Waals surface area contributed by atoms with Gasteiger partial charge in [0, 0.05) is 7.05 Å². The zero-order chi connectivity index (χ0) is 9.42. The number of hydrogen-bond donors (Lipinski definition) is 0. The molecule has 68 valence electrons. The summed E-state index contributed by atoms with van der Waals surface area (Å²) in [5, 5.41) is 0. The quantitative estimate of drug-likeness (QED) is 0.565. The van der Waals surface area contributed by atoms with Crippen LogP contribution in [-0.4, -0.2) is 24.3 Å². The predicted molar refractivity (Wildman–Crippen MR) is 52.2 cm³/mol. The van der Waals surface area contributed by atoms with Crippen LogP contribution in [0.4, 0.5) is 0 Å². The molecule has 2 rings (SSSR count). The van der Waals surface area contributed by atoms with Crippen molar-refractivity contribution in [2.75, 3.05) is 7.05 Å². The monoisotopic (exact) mass is 175 g/mol. The van der Waals surface area contributed by atoms with Gasteiger partial charge >= 0.3 is 0 Å². The molecule has 0 saturated carbocycles. The Kier molecular flexibility index (Phi) is 1.83. The van der Waals surface area contributed by atoms with E-state index in [1.807, 2.05) is 18.0 Å². The first-order valence-electron chi connectivity index (χ1n) is 4.50. The van der Waals surface area contributed by atoms with Crippen molar-refractivity contribution in [1.82, 2.24) is 4.90 Å². The molecule has 0 aromatic rings. The van der Waals surface area contributed by atoms with Crippen molar-refractivity contribution in [1.29, 1.82) is 0 Å². The second-order valence-corrected chi connectivity index (χ2v) is 3.64. The molecule has 0 amide bonds. The second kappa shape index (κ2) is 2.87. The van der Waals surface area contributed by atoms with Crippen LogP contribution in [-0.2, 0) is 4.79 Å². The first-order chi connectivity index (χ1) is 6.22. The molecule has 0 fully saturated rings. The summed E-state index contributed by atoms with van der Waals surface area (Å²) in [7, 11) is 1.97. The third-order valence-corrected chi connectivity index (χ3v) is 2.75. The van der Waals surface area contributed by atoms with Gasteiger partial charge in [-0.05, 0) is 25.0 Å². The second-order valence-electron chi connectivity index (χ2n) is 3.64. The van der Waals surface area contributed by atoms with E-state index in [0.717, 1.165) is 18.4 Å². The maximum absolute atomic E-state index is 10.7. The number of nitrogens with zero attached hydrogens (tertiary/aromatic N) is 1. The van der Waals surface area contributed by atoms with Crippen LogP contribution in [0.3, 0.4) is 0 Å². The van der Waals surface area contributed by atoms with Gasteiger partial charge in [-0.15, -0.1) is 0 Å². The molecular formula is C11H13NO. The molecule has 1 aliphatic heterocycles. The average Bonchev–Trinajstić information content (AvgIpc) is 2.42. The van der Waals surface area contributed by atoms with E-state index in [1.54, 1.807) is 0 Å². The van der Waals surface area contributed by atoms with E-state index in [1.165, 1.54) is 11.1 Å². The van der Waals surface area contributed by atoms with Crippen LogP contribution in [0.15, 0.2) is 35.1 Å². The topological polar surface area (TPSA) is 20.3 Å². The van der Waals surface area contributed by atoms with Gasteiger partial charge in [0.05, 0.1) is 11.7 Å². The Hall–Kier alpha value is -1.31. The van der Waals surface area contributed by atoms with Crippen LogP contribution in [0.25, 0.3) is 0 Å².